The molecular weight excluding hydrogens is 690 g/mol. The van der Waals surface area contributed by atoms with Gasteiger partial charge in [0.2, 0.25) is 0 Å². The van der Waals surface area contributed by atoms with Gasteiger partial charge >= 0.3 is 31.4 Å². The number of nitrogens with zero attached hydrogens (tertiary/aromatic N) is 4. The van der Waals surface area contributed by atoms with E-state index in [1.54, 1.807) is 0 Å². The maximum atomic E-state index is 12.3. The SMILES string of the molecule is C=Cc1ccc(/C=C/C2=C(C)c3cc4cc(C)c(cc5nc(cc6[n-]c(cc2n3)c(C)c6CCC(=O)OC)C(CCC(=O)OC)=C5C)[n-]4)cc1.[Zn+2]. The molecule has 2 aliphatic rings. The number of rotatable bonds is 9. The molecule has 0 amide bonds. The third kappa shape index (κ3) is 7.94. The van der Waals surface area contributed by atoms with Crippen molar-refractivity contribution in [2.75, 3.05) is 14.2 Å². The van der Waals surface area contributed by atoms with Crippen molar-refractivity contribution in [2.24, 2.45) is 0 Å². The first-order valence-electron chi connectivity index (χ1n) is 16.7. The second-order valence-electron chi connectivity index (χ2n) is 12.6. The predicted molar refractivity (Wildman–Crippen MR) is 201 cm³/mol. The molecule has 0 fully saturated rings. The third-order valence-electron chi connectivity index (χ3n) is 9.43. The van der Waals surface area contributed by atoms with E-state index in [0.717, 1.165) is 89.4 Å². The first-order valence-corrected chi connectivity index (χ1v) is 16.7. The first-order chi connectivity index (χ1) is 24.1. The topological polar surface area (TPSA) is 107 Å². The van der Waals surface area contributed by atoms with Crippen molar-refractivity contribution in [3.05, 3.63) is 118 Å². The Hall–Kier alpha value is -5.14. The number of benzene rings is 1. The van der Waals surface area contributed by atoms with Crippen LogP contribution >= 0.6 is 0 Å². The normalized spacial score (nSPS) is 12.7. The zero-order chi connectivity index (χ0) is 35.5. The molecule has 0 atom stereocenters. The van der Waals surface area contributed by atoms with Gasteiger partial charge in [0.05, 0.1) is 37.0 Å². The summed E-state index contributed by atoms with van der Waals surface area (Å²) >= 11 is 0. The Morgan fingerprint density at radius 2 is 1.31 bits per heavy atom. The third-order valence-corrected chi connectivity index (χ3v) is 9.43. The molecule has 0 aliphatic carbocycles. The number of allylic oxidation sites excluding steroid dienone is 5. The van der Waals surface area contributed by atoms with Crippen LogP contribution in [-0.2, 0) is 45.0 Å². The first kappa shape index (κ1) is 37.1. The van der Waals surface area contributed by atoms with Gasteiger partial charge in [-0.1, -0.05) is 96.1 Å². The maximum Gasteiger partial charge on any atom is 2.00 e. The molecule has 2 aliphatic heterocycles. The van der Waals surface area contributed by atoms with Crippen LogP contribution in [0.5, 0.6) is 0 Å². The van der Waals surface area contributed by atoms with E-state index in [2.05, 4.69) is 43.9 Å². The second kappa shape index (κ2) is 15.8. The summed E-state index contributed by atoms with van der Waals surface area (Å²) in [7, 11) is 2.79. The molecular formula is C42H40N4O4Zn. The van der Waals surface area contributed by atoms with Crippen LogP contribution in [0.1, 0.15) is 83.7 Å². The van der Waals surface area contributed by atoms with Gasteiger partial charge in [-0.3, -0.25) is 9.59 Å². The maximum absolute atomic E-state index is 12.3. The molecule has 8 nitrogen and oxygen atoms in total. The van der Waals surface area contributed by atoms with Crippen LogP contribution in [0.25, 0.3) is 56.5 Å². The number of aryl methyl sites for hydroxylation is 3. The largest absolute Gasteiger partial charge is 2.00 e. The Morgan fingerprint density at radius 3 is 2.00 bits per heavy atom. The van der Waals surface area contributed by atoms with Crippen molar-refractivity contribution in [3.63, 3.8) is 0 Å². The van der Waals surface area contributed by atoms with Crippen LogP contribution < -0.4 is 9.97 Å². The number of esters is 2. The molecule has 5 heterocycles. The molecule has 9 heteroatoms. The molecule has 0 unspecified atom stereocenters. The quantitative estimate of drug-likeness (QED) is 0.125. The van der Waals surface area contributed by atoms with Crippen molar-refractivity contribution in [1.82, 2.24) is 19.9 Å². The Bertz CT molecular complexity index is 2290. The molecule has 6 rings (SSSR count). The molecule has 0 radical (unpaired) electrons. The molecule has 0 saturated heterocycles. The summed E-state index contributed by atoms with van der Waals surface area (Å²) in [6.45, 7) is 12.0. The molecule has 4 aromatic rings. The monoisotopic (exact) mass is 728 g/mol. The molecule has 0 spiro atoms. The van der Waals surface area contributed by atoms with Crippen LogP contribution in [0.2, 0.25) is 0 Å². The van der Waals surface area contributed by atoms with Gasteiger partial charge in [0.1, 0.15) is 0 Å². The molecule has 51 heavy (non-hydrogen) atoms. The van der Waals surface area contributed by atoms with Crippen LogP contribution in [0.3, 0.4) is 0 Å². The zero-order valence-corrected chi connectivity index (χ0v) is 33.1. The Morgan fingerprint density at radius 1 is 0.706 bits per heavy atom. The number of methoxy groups -OCH3 is 2. The van der Waals surface area contributed by atoms with Gasteiger partial charge in [-0.05, 0) is 68.4 Å². The van der Waals surface area contributed by atoms with Gasteiger partial charge in [0.15, 0.2) is 0 Å². The van der Waals surface area contributed by atoms with Gasteiger partial charge in [0, 0.05) is 18.4 Å². The minimum atomic E-state index is -0.294. The predicted octanol–water partition coefficient (Wildman–Crippen LogP) is 8.46. The van der Waals surface area contributed by atoms with E-state index in [1.165, 1.54) is 14.2 Å². The Kier molecular flexibility index (Phi) is 11.5. The number of carbonyl (C=O) groups is 2. The molecule has 1 aromatic carbocycles. The van der Waals surface area contributed by atoms with E-state index in [1.807, 2.05) is 63.2 Å². The van der Waals surface area contributed by atoms with E-state index >= 15 is 0 Å². The van der Waals surface area contributed by atoms with E-state index in [0.29, 0.717) is 18.4 Å². The number of fused-ring (bicyclic) bond motifs is 8. The van der Waals surface area contributed by atoms with Gasteiger partial charge in [0.25, 0.3) is 0 Å². The molecule has 0 N–H and O–H groups in total. The summed E-state index contributed by atoms with van der Waals surface area (Å²) in [6.07, 6.45) is 7.34. The average Bonchev–Trinajstić information content (AvgIpc) is 3.80. The van der Waals surface area contributed by atoms with Gasteiger partial charge in [-0.25, -0.2) is 9.97 Å². The summed E-state index contributed by atoms with van der Waals surface area (Å²) < 4.78 is 9.94. The minimum absolute atomic E-state index is 0. The smallest absolute Gasteiger partial charge is 0.658 e. The molecule has 254 valence electrons. The van der Waals surface area contributed by atoms with E-state index in [-0.39, 0.29) is 44.3 Å². The van der Waals surface area contributed by atoms with Crippen molar-refractivity contribution >= 4 is 68.4 Å². The summed E-state index contributed by atoms with van der Waals surface area (Å²) in [5.74, 6) is -0.584. The fourth-order valence-electron chi connectivity index (χ4n) is 6.36. The van der Waals surface area contributed by atoms with Gasteiger partial charge in [-0.2, -0.15) is 0 Å². The van der Waals surface area contributed by atoms with E-state index in [4.69, 9.17) is 29.4 Å². The van der Waals surface area contributed by atoms with Gasteiger partial charge < -0.3 is 19.4 Å². The van der Waals surface area contributed by atoms with Crippen molar-refractivity contribution < 1.29 is 38.5 Å². The van der Waals surface area contributed by atoms with Crippen LogP contribution in [0, 0.1) is 13.8 Å². The van der Waals surface area contributed by atoms with Crippen LogP contribution in [0.15, 0.2) is 67.3 Å². The number of hydrogen-bond donors (Lipinski definition) is 0. The standard InChI is InChI=1S/C42H40N4O4.Zn/c1-8-28-9-11-29(12-10-28)13-14-31-25(3)35-20-30-19-24(2)34(43-30)21-36-26(4)32(15-17-41(47)49-6)39(45-36)23-40-33(16-18-42(48)50-7)27(5)37(46-40)22-38(31)44-35;/h8-14,19-23H,1,15-18H2,2-7H3;/q-2;+2/b14-13+,30-20?,34-21?,35-20?,36-21?,37-22?,38-22?,39-23?,40-23?;. The summed E-state index contributed by atoms with van der Waals surface area (Å²) in [5.41, 5.74) is 15.2. The Labute approximate surface area is 311 Å². The van der Waals surface area contributed by atoms with Crippen molar-refractivity contribution in [3.8, 4) is 0 Å². The van der Waals surface area contributed by atoms with Crippen molar-refractivity contribution in [2.45, 2.75) is 53.4 Å². The zero-order valence-electron chi connectivity index (χ0n) is 30.1. The summed E-state index contributed by atoms with van der Waals surface area (Å²) in [4.78, 5) is 44.8. The molecule has 3 aromatic heterocycles. The number of aromatic nitrogens is 4. The summed E-state index contributed by atoms with van der Waals surface area (Å²) in [6, 6.07) is 18.3. The minimum Gasteiger partial charge on any atom is -0.658 e. The van der Waals surface area contributed by atoms with Gasteiger partial charge in [-0.15, -0.1) is 22.1 Å². The second-order valence-corrected chi connectivity index (χ2v) is 12.6. The van der Waals surface area contributed by atoms with Crippen molar-refractivity contribution in [1.29, 1.82) is 0 Å². The van der Waals surface area contributed by atoms with E-state index < -0.39 is 0 Å². The van der Waals surface area contributed by atoms with Crippen LogP contribution in [-0.4, -0.2) is 36.1 Å². The number of hydrogen-bond acceptors (Lipinski definition) is 6. The summed E-state index contributed by atoms with van der Waals surface area (Å²) in [5, 5.41) is 0. The fraction of sp³-hybridized carbons (Fsp3) is 0.238. The fourth-order valence-corrected chi connectivity index (χ4v) is 6.36. The number of ether oxygens (including phenoxy) is 2. The Balaban J connectivity index is 0.00000504. The molecule has 8 bridgehead atoms. The number of carbonyl (C=O) groups excluding carboxylic acids is 2. The van der Waals surface area contributed by atoms with E-state index in [9.17, 15) is 9.59 Å². The average molecular weight is 730 g/mol. The molecule has 0 saturated carbocycles. The van der Waals surface area contributed by atoms with Crippen LogP contribution in [0.4, 0.5) is 0 Å².